The van der Waals surface area contributed by atoms with Crippen LogP contribution in [0.2, 0.25) is 0 Å². The highest BCUT2D eigenvalue weighted by atomic mass is 79.9. The van der Waals surface area contributed by atoms with Crippen LogP contribution in [0.3, 0.4) is 0 Å². The van der Waals surface area contributed by atoms with Gasteiger partial charge < -0.3 is 14.1 Å². The zero-order valence-corrected chi connectivity index (χ0v) is 14.3. The first-order valence-corrected chi connectivity index (χ1v) is 7.58. The molecule has 0 radical (unpaired) electrons. The molecule has 22 heavy (non-hydrogen) atoms. The first kappa shape index (κ1) is 16.3. The van der Waals surface area contributed by atoms with Crippen molar-refractivity contribution < 1.29 is 13.9 Å². The number of benzene rings is 1. The molecule has 0 atom stereocenters. The van der Waals surface area contributed by atoms with Gasteiger partial charge in [0.1, 0.15) is 5.76 Å². The summed E-state index contributed by atoms with van der Waals surface area (Å²) in [4.78, 5) is 17.9. The van der Waals surface area contributed by atoms with E-state index in [9.17, 15) is 4.79 Å². The Labute approximate surface area is 137 Å². The van der Waals surface area contributed by atoms with Gasteiger partial charge in [0.15, 0.2) is 0 Å². The van der Waals surface area contributed by atoms with Crippen LogP contribution < -0.4 is 4.90 Å². The summed E-state index contributed by atoms with van der Waals surface area (Å²) in [6.07, 6.45) is 1.61. The Morgan fingerprint density at radius 3 is 2.82 bits per heavy atom. The number of hydrogen-bond acceptors (Lipinski definition) is 5. The first-order valence-electron chi connectivity index (χ1n) is 6.79. The van der Waals surface area contributed by atoms with Gasteiger partial charge in [-0.25, -0.2) is 4.79 Å². The first-order chi connectivity index (χ1) is 10.5. The van der Waals surface area contributed by atoms with Crippen molar-refractivity contribution >= 4 is 39.7 Å². The van der Waals surface area contributed by atoms with Crippen LogP contribution >= 0.6 is 15.9 Å². The molecular weight excluding hydrogens is 348 g/mol. The average molecular weight is 365 g/mol. The van der Waals surface area contributed by atoms with E-state index in [1.807, 2.05) is 31.1 Å². The van der Waals surface area contributed by atoms with E-state index in [0.29, 0.717) is 23.6 Å². The van der Waals surface area contributed by atoms with Gasteiger partial charge in [0.05, 0.1) is 28.5 Å². The number of carbonyl (C=O) groups excluding carboxylic acids is 1. The summed E-state index contributed by atoms with van der Waals surface area (Å²) in [5.74, 6) is 0.994. The summed E-state index contributed by atoms with van der Waals surface area (Å²) < 4.78 is 11.5. The average Bonchev–Trinajstić information content (AvgIpc) is 2.87. The van der Waals surface area contributed by atoms with E-state index in [-0.39, 0.29) is 5.97 Å². The maximum atomic E-state index is 11.7. The molecule has 0 aliphatic carbocycles. The fourth-order valence-electron chi connectivity index (χ4n) is 1.81. The smallest absolute Gasteiger partial charge is 0.338 e. The monoisotopic (exact) mass is 364 g/mol. The number of rotatable bonds is 5. The molecule has 0 spiro atoms. The topological polar surface area (TPSA) is 55.0 Å². The van der Waals surface area contributed by atoms with E-state index in [4.69, 9.17) is 9.15 Å². The molecule has 0 N–H and O–H groups in total. The van der Waals surface area contributed by atoms with Crippen LogP contribution in [0, 0.1) is 0 Å². The lowest BCUT2D eigenvalue weighted by Crippen LogP contribution is -2.07. The zero-order valence-electron chi connectivity index (χ0n) is 12.7. The molecule has 6 heteroatoms. The van der Waals surface area contributed by atoms with Gasteiger partial charge in [-0.05, 0) is 41.1 Å². The van der Waals surface area contributed by atoms with Crippen LogP contribution in [0.25, 0.3) is 0 Å². The number of hydrogen-bond donors (Lipinski definition) is 0. The van der Waals surface area contributed by atoms with E-state index in [0.717, 1.165) is 10.4 Å². The van der Waals surface area contributed by atoms with E-state index < -0.39 is 0 Å². The van der Waals surface area contributed by atoms with Crippen molar-refractivity contribution in [2.75, 3.05) is 25.6 Å². The quantitative estimate of drug-likeness (QED) is 0.593. The lowest BCUT2D eigenvalue weighted by molar-refractivity contribution is 0.0526. The highest BCUT2D eigenvalue weighted by Gasteiger charge is 2.09. The van der Waals surface area contributed by atoms with Gasteiger partial charge in [-0.15, -0.1) is 0 Å². The van der Waals surface area contributed by atoms with Gasteiger partial charge in [-0.3, -0.25) is 4.99 Å². The maximum Gasteiger partial charge on any atom is 0.338 e. The molecule has 1 aromatic heterocycles. The highest BCUT2D eigenvalue weighted by Crippen LogP contribution is 2.28. The number of furan rings is 1. The number of aliphatic imine (C=N–C) groups is 1. The van der Waals surface area contributed by atoms with Crippen molar-refractivity contribution in [3.05, 3.63) is 46.1 Å². The van der Waals surface area contributed by atoms with Crippen molar-refractivity contribution in [3.8, 4) is 0 Å². The second-order valence-electron chi connectivity index (χ2n) is 4.73. The third kappa shape index (κ3) is 3.98. The molecule has 0 amide bonds. The maximum absolute atomic E-state index is 11.7. The molecule has 0 saturated carbocycles. The largest absolute Gasteiger partial charge is 0.462 e. The van der Waals surface area contributed by atoms with Crippen LogP contribution in [0.1, 0.15) is 23.0 Å². The molecule has 0 unspecified atom stereocenters. The van der Waals surface area contributed by atoms with Crippen LogP contribution in [0.4, 0.5) is 11.6 Å². The number of anilines is 1. The SMILES string of the molecule is CCOC(=O)c1cccc(N=Cc2cc(Br)c(N(C)C)o2)c1. The standard InChI is InChI=1S/C16H17BrN2O3/c1-4-21-16(20)11-6-5-7-12(8-11)18-10-13-9-14(17)15(22-13)19(2)3/h5-10H,4H2,1-3H3. The predicted octanol–water partition coefficient (Wildman–Crippen LogP) is 4.04. The Morgan fingerprint density at radius 2 is 2.18 bits per heavy atom. The Hall–Kier alpha value is -2.08. The number of esters is 1. The molecule has 2 rings (SSSR count). The van der Waals surface area contributed by atoms with E-state index >= 15 is 0 Å². The lowest BCUT2D eigenvalue weighted by Gasteiger charge is -2.07. The van der Waals surface area contributed by atoms with Crippen molar-refractivity contribution in [3.63, 3.8) is 0 Å². The molecule has 1 heterocycles. The fraction of sp³-hybridized carbons (Fsp3) is 0.250. The highest BCUT2D eigenvalue weighted by molar-refractivity contribution is 9.10. The van der Waals surface area contributed by atoms with Gasteiger partial charge in [0.2, 0.25) is 5.88 Å². The van der Waals surface area contributed by atoms with Crippen molar-refractivity contribution in [2.45, 2.75) is 6.92 Å². The molecule has 5 nitrogen and oxygen atoms in total. The minimum atomic E-state index is -0.352. The predicted molar refractivity (Wildman–Crippen MR) is 90.4 cm³/mol. The fourth-order valence-corrected chi connectivity index (χ4v) is 2.47. The Balaban J connectivity index is 2.18. The van der Waals surface area contributed by atoms with Crippen LogP contribution in [-0.4, -0.2) is 32.9 Å². The molecule has 0 bridgehead atoms. The zero-order chi connectivity index (χ0) is 16.1. The summed E-state index contributed by atoms with van der Waals surface area (Å²) in [6.45, 7) is 2.12. The molecule has 0 saturated heterocycles. The number of ether oxygens (including phenoxy) is 1. The number of carbonyl (C=O) groups is 1. The van der Waals surface area contributed by atoms with Gasteiger partial charge in [-0.1, -0.05) is 6.07 Å². The van der Waals surface area contributed by atoms with Gasteiger partial charge in [0, 0.05) is 20.2 Å². The summed E-state index contributed by atoms with van der Waals surface area (Å²) in [5.41, 5.74) is 1.13. The second kappa shape index (κ2) is 7.26. The van der Waals surface area contributed by atoms with Crippen molar-refractivity contribution in [1.29, 1.82) is 0 Å². The minimum absolute atomic E-state index is 0.347. The Morgan fingerprint density at radius 1 is 1.41 bits per heavy atom. The van der Waals surface area contributed by atoms with Crippen LogP contribution in [0.5, 0.6) is 0 Å². The van der Waals surface area contributed by atoms with E-state index in [2.05, 4.69) is 20.9 Å². The summed E-state index contributed by atoms with van der Waals surface area (Å²) in [5, 5.41) is 0. The molecule has 0 aliphatic heterocycles. The van der Waals surface area contributed by atoms with Crippen molar-refractivity contribution in [2.24, 2.45) is 4.99 Å². The summed E-state index contributed by atoms with van der Waals surface area (Å²) in [6, 6.07) is 8.80. The van der Waals surface area contributed by atoms with Gasteiger partial charge in [-0.2, -0.15) is 0 Å². The summed E-state index contributed by atoms with van der Waals surface area (Å²) in [7, 11) is 3.79. The minimum Gasteiger partial charge on any atom is -0.462 e. The van der Waals surface area contributed by atoms with Gasteiger partial charge in [0.25, 0.3) is 0 Å². The summed E-state index contributed by atoms with van der Waals surface area (Å²) >= 11 is 3.43. The molecule has 2 aromatic rings. The molecule has 0 fully saturated rings. The number of halogens is 1. The number of nitrogens with zero attached hydrogens (tertiary/aromatic N) is 2. The molecular formula is C16H17BrN2O3. The Bertz CT molecular complexity index is 692. The van der Waals surface area contributed by atoms with Crippen LogP contribution in [0.15, 0.2) is 44.2 Å². The molecule has 116 valence electrons. The van der Waals surface area contributed by atoms with E-state index in [1.165, 1.54) is 0 Å². The second-order valence-corrected chi connectivity index (χ2v) is 5.58. The molecule has 1 aromatic carbocycles. The lowest BCUT2D eigenvalue weighted by atomic mass is 10.2. The Kier molecular flexibility index (Phi) is 5.38. The normalized spacial score (nSPS) is 10.9. The van der Waals surface area contributed by atoms with E-state index in [1.54, 1.807) is 31.3 Å². The molecule has 0 aliphatic rings. The van der Waals surface area contributed by atoms with Crippen LogP contribution in [-0.2, 0) is 4.74 Å². The van der Waals surface area contributed by atoms with Crippen molar-refractivity contribution in [1.82, 2.24) is 0 Å². The third-order valence-electron chi connectivity index (χ3n) is 2.79. The van der Waals surface area contributed by atoms with Gasteiger partial charge >= 0.3 is 5.97 Å². The third-order valence-corrected chi connectivity index (χ3v) is 3.36.